The number of rotatable bonds is 6. The van der Waals surface area contributed by atoms with Crippen LogP contribution in [0.4, 0.5) is 4.79 Å². The molecule has 20 nitrogen and oxygen atoms in total. The van der Waals surface area contributed by atoms with Crippen LogP contribution in [-0.4, -0.2) is 92.1 Å². The Balaban J connectivity index is 1.26. The molecule has 21 heteroatoms. The van der Waals surface area contributed by atoms with Crippen molar-refractivity contribution in [2.24, 2.45) is 49.9 Å². The van der Waals surface area contributed by atoms with Crippen LogP contribution in [0.1, 0.15) is 37.0 Å². The van der Waals surface area contributed by atoms with Gasteiger partial charge in [-0.3, -0.25) is 30.9 Å². The van der Waals surface area contributed by atoms with Crippen molar-refractivity contribution in [3.05, 3.63) is 47.0 Å². The first-order valence-electron chi connectivity index (χ1n) is 14.4. The smallest absolute Gasteiger partial charge is 0.342 e. The molecule has 248 valence electrons. The molecule has 2 fully saturated rings. The third-order valence-electron chi connectivity index (χ3n) is 8.52. The van der Waals surface area contributed by atoms with Crippen LogP contribution in [0.25, 0.3) is 10.9 Å². The predicted octanol–water partition coefficient (Wildman–Crippen LogP) is -1.16. The monoisotopic (exact) mass is 659 g/mol. The number of carbonyl (C=O) groups is 3. The summed E-state index contributed by atoms with van der Waals surface area (Å²) in [5.41, 5.74) is 0.417. The zero-order valence-corrected chi connectivity index (χ0v) is 26.0. The van der Waals surface area contributed by atoms with Gasteiger partial charge in [-0.15, -0.1) is 10.2 Å². The lowest BCUT2D eigenvalue weighted by Gasteiger charge is -2.43. The maximum atomic E-state index is 13.7. The van der Waals surface area contributed by atoms with Crippen LogP contribution < -0.4 is 45.2 Å². The Morgan fingerprint density at radius 3 is 2.48 bits per heavy atom. The minimum atomic E-state index is -1.07. The van der Waals surface area contributed by atoms with Crippen molar-refractivity contribution in [3.8, 4) is 0 Å². The first-order valence-corrected chi connectivity index (χ1v) is 14.8. The van der Waals surface area contributed by atoms with Gasteiger partial charge in [0, 0.05) is 42.8 Å². The van der Waals surface area contributed by atoms with Gasteiger partial charge in [0.2, 0.25) is 5.91 Å². The summed E-state index contributed by atoms with van der Waals surface area (Å²) < 4.78 is 1.43. The Morgan fingerprint density at radius 2 is 1.83 bits per heavy atom. The number of fused-ring (bicyclic) bond motifs is 1. The molecule has 5 rings (SSSR count). The van der Waals surface area contributed by atoms with E-state index in [-0.39, 0.29) is 22.9 Å². The van der Waals surface area contributed by atoms with Crippen molar-refractivity contribution in [1.29, 1.82) is 0 Å². The summed E-state index contributed by atoms with van der Waals surface area (Å²) >= 11 is 6.20. The van der Waals surface area contributed by atoms with Gasteiger partial charge in [0.25, 0.3) is 5.91 Å². The molecule has 0 radical (unpaired) electrons. The number of amides is 3. The molecule has 0 bridgehead atoms. The molecular formula is C25H38ClN17O3. The SMILES string of the molecule is CC(C)N(N)C(=O)n1ccc2c(C(=O)N3CCC4(CC3)CN(N)C(NC(=O)C3NC(Cl)=C(N=NN)NC3N=NN)N4N)cccc21. The predicted molar refractivity (Wildman–Crippen MR) is 165 cm³/mol. The van der Waals surface area contributed by atoms with Gasteiger partial charge < -0.3 is 32.5 Å². The summed E-state index contributed by atoms with van der Waals surface area (Å²) in [5.74, 6) is 28.5. The summed E-state index contributed by atoms with van der Waals surface area (Å²) in [6, 6.07) is 5.31. The van der Waals surface area contributed by atoms with Gasteiger partial charge in [0.15, 0.2) is 18.3 Å². The summed E-state index contributed by atoms with van der Waals surface area (Å²) in [4.78, 5) is 41.7. The highest BCUT2D eigenvalue weighted by Crippen LogP contribution is 2.35. The minimum Gasteiger partial charge on any atom is -0.358 e. The second-order valence-electron chi connectivity index (χ2n) is 11.5. The number of carbonyl (C=O) groups excluding carboxylic acids is 3. The molecule has 4 heterocycles. The Bertz CT molecular complexity index is 1580. The maximum Gasteiger partial charge on any atom is 0.342 e. The molecule has 3 aliphatic heterocycles. The third kappa shape index (κ3) is 5.88. The number of halogens is 1. The number of nitrogens with zero attached hydrogens (tertiary/aromatic N) is 9. The van der Waals surface area contributed by atoms with Crippen LogP contribution in [0.3, 0.4) is 0 Å². The molecule has 0 saturated carbocycles. The quantitative estimate of drug-likeness (QED) is 0.0599. The van der Waals surface area contributed by atoms with Crippen molar-refractivity contribution in [2.45, 2.75) is 56.8 Å². The van der Waals surface area contributed by atoms with Gasteiger partial charge in [-0.1, -0.05) is 28.1 Å². The molecule has 3 amide bonds. The molecule has 0 aliphatic carbocycles. The van der Waals surface area contributed by atoms with E-state index in [9.17, 15) is 14.4 Å². The fourth-order valence-electron chi connectivity index (χ4n) is 5.95. The molecule has 3 atom stereocenters. The van der Waals surface area contributed by atoms with Crippen molar-refractivity contribution < 1.29 is 14.4 Å². The van der Waals surface area contributed by atoms with Crippen molar-refractivity contribution >= 4 is 40.3 Å². The maximum absolute atomic E-state index is 13.7. The second-order valence-corrected chi connectivity index (χ2v) is 11.9. The number of hydrogen-bond acceptors (Lipinski definition) is 14. The number of nitrogens with two attached hydrogens (primary N) is 5. The highest BCUT2D eigenvalue weighted by molar-refractivity contribution is 6.29. The van der Waals surface area contributed by atoms with E-state index in [1.807, 2.05) is 13.8 Å². The van der Waals surface area contributed by atoms with Crippen LogP contribution in [0.5, 0.6) is 0 Å². The van der Waals surface area contributed by atoms with Gasteiger partial charge >= 0.3 is 6.03 Å². The topological polar surface area (TPSA) is 285 Å². The highest BCUT2D eigenvalue weighted by atomic mass is 35.5. The summed E-state index contributed by atoms with van der Waals surface area (Å²) in [6.07, 6.45) is 0.686. The molecule has 3 unspecified atom stereocenters. The molecular weight excluding hydrogens is 622 g/mol. The molecule has 3 aliphatic rings. The first kappa shape index (κ1) is 32.8. The van der Waals surface area contributed by atoms with E-state index >= 15 is 0 Å². The number of hydrogen-bond donors (Lipinski definition) is 8. The van der Waals surface area contributed by atoms with E-state index in [1.54, 1.807) is 35.4 Å². The third-order valence-corrected chi connectivity index (χ3v) is 8.81. The second kappa shape index (κ2) is 13.0. The number of hydrazine groups is 3. The van der Waals surface area contributed by atoms with Crippen LogP contribution in [-0.2, 0) is 4.79 Å². The Hall–Kier alpha value is -4.60. The molecule has 1 aromatic heterocycles. The zero-order valence-electron chi connectivity index (χ0n) is 25.2. The Morgan fingerprint density at radius 1 is 1.11 bits per heavy atom. The van der Waals surface area contributed by atoms with Crippen molar-refractivity contribution in [1.82, 2.24) is 40.4 Å². The molecule has 2 saturated heterocycles. The van der Waals surface area contributed by atoms with Gasteiger partial charge in [0.1, 0.15) is 11.2 Å². The molecule has 1 aromatic carbocycles. The highest BCUT2D eigenvalue weighted by Gasteiger charge is 2.51. The minimum absolute atomic E-state index is 0.0253. The van der Waals surface area contributed by atoms with E-state index in [2.05, 4.69) is 36.6 Å². The number of aromatic nitrogens is 1. The van der Waals surface area contributed by atoms with E-state index in [1.165, 1.54) is 14.6 Å². The summed E-state index contributed by atoms with van der Waals surface area (Å²) in [6.45, 7) is 4.71. The fourth-order valence-corrected chi connectivity index (χ4v) is 6.16. The average molecular weight is 660 g/mol. The van der Waals surface area contributed by atoms with Crippen molar-refractivity contribution in [3.63, 3.8) is 0 Å². The first-order chi connectivity index (χ1) is 21.9. The molecule has 1 spiro atoms. The van der Waals surface area contributed by atoms with Gasteiger partial charge in [0.05, 0.1) is 11.1 Å². The van der Waals surface area contributed by atoms with E-state index in [4.69, 9.17) is 40.8 Å². The van der Waals surface area contributed by atoms with Gasteiger partial charge in [-0.25, -0.2) is 20.7 Å². The molecule has 46 heavy (non-hydrogen) atoms. The number of nitrogens with one attached hydrogen (secondary N) is 3. The largest absolute Gasteiger partial charge is 0.358 e. The average Bonchev–Trinajstić information content (AvgIpc) is 3.57. The Kier molecular flexibility index (Phi) is 9.28. The summed E-state index contributed by atoms with van der Waals surface area (Å²) in [7, 11) is 0. The number of piperidine rings is 1. The van der Waals surface area contributed by atoms with Gasteiger partial charge in [-0.2, -0.15) is 0 Å². The molecule has 2 aromatic rings. The standard InChI is InChI=1S/C25H38ClN17O3/c1-13(2)42(30)24(46)40-9-6-14-15(4-3-5-16(14)40)22(45)39-10-7-25(8-11-39)12-41(29)23(43(25)31)34-21(44)17-19(35-37-27)33-20(36-38-28)18(26)32-17/h3-6,9,13,17,19,23,32-33H,7-8,10-12,29-31H2,1-2H3,(H2,27,35)(H2,28,36)(H,34,44). The normalized spacial score (nSPS) is 23.9. The number of benzene rings is 1. The lowest BCUT2D eigenvalue weighted by atomic mass is 9.87. The van der Waals surface area contributed by atoms with Crippen LogP contribution in [0.2, 0.25) is 0 Å². The fraction of sp³-hybridized carbons (Fsp3) is 0.480. The molecule has 13 N–H and O–H groups in total. The van der Waals surface area contributed by atoms with E-state index in [0.717, 1.165) is 5.01 Å². The Labute approximate surface area is 268 Å². The van der Waals surface area contributed by atoms with Crippen LogP contribution >= 0.6 is 11.6 Å². The lowest BCUT2D eigenvalue weighted by Crippen LogP contribution is -2.66. The lowest BCUT2D eigenvalue weighted by molar-refractivity contribution is -0.128. The van der Waals surface area contributed by atoms with Crippen LogP contribution in [0, 0.1) is 0 Å². The van der Waals surface area contributed by atoms with Gasteiger partial charge in [-0.05, 0) is 44.9 Å². The zero-order chi connectivity index (χ0) is 33.3. The van der Waals surface area contributed by atoms with Crippen molar-refractivity contribution in [2.75, 3.05) is 19.6 Å². The van der Waals surface area contributed by atoms with Crippen LogP contribution in [0.15, 0.2) is 62.1 Å². The van der Waals surface area contributed by atoms with E-state index < -0.39 is 36.0 Å². The summed E-state index contributed by atoms with van der Waals surface area (Å²) in [5, 5.41) is 27.0. The van der Waals surface area contributed by atoms with E-state index in [0.29, 0.717) is 48.9 Å². The number of likely N-dealkylation sites (tertiary alicyclic amines) is 1.